The Morgan fingerprint density at radius 3 is 2.87 bits per heavy atom. The second-order valence-corrected chi connectivity index (χ2v) is 4.49. The molecule has 1 rings (SSSR count). The van der Waals surface area contributed by atoms with Crippen LogP contribution in [0.2, 0.25) is 0 Å². The molecule has 1 aliphatic rings. The van der Waals surface area contributed by atoms with Crippen molar-refractivity contribution < 1.29 is 14.3 Å². The maximum absolute atomic E-state index is 11.2. The van der Waals surface area contributed by atoms with Gasteiger partial charge in [0, 0.05) is 18.7 Å². The van der Waals surface area contributed by atoms with Crippen molar-refractivity contribution in [1.82, 2.24) is 5.32 Å². The van der Waals surface area contributed by atoms with Crippen molar-refractivity contribution in [3.63, 3.8) is 0 Å². The summed E-state index contributed by atoms with van der Waals surface area (Å²) in [7, 11) is 1.42. The first-order valence-corrected chi connectivity index (χ1v) is 5.44. The van der Waals surface area contributed by atoms with Gasteiger partial charge in [-0.2, -0.15) is 0 Å². The summed E-state index contributed by atoms with van der Waals surface area (Å²) < 4.78 is 10.2. The Bertz CT molecular complexity index is 232. The molecule has 1 aliphatic heterocycles. The molecule has 4 heteroatoms. The Morgan fingerprint density at radius 1 is 1.73 bits per heavy atom. The molecule has 88 valence electrons. The van der Waals surface area contributed by atoms with Crippen LogP contribution < -0.4 is 5.32 Å². The zero-order valence-corrected chi connectivity index (χ0v) is 10.0. The van der Waals surface area contributed by atoms with Gasteiger partial charge in [-0.15, -0.1) is 0 Å². The minimum atomic E-state index is -0.169. The summed E-state index contributed by atoms with van der Waals surface area (Å²) in [4.78, 5) is 11.2. The van der Waals surface area contributed by atoms with Gasteiger partial charge >= 0.3 is 5.97 Å². The molecule has 1 saturated heterocycles. The lowest BCUT2D eigenvalue weighted by molar-refractivity contribution is -0.144. The zero-order valence-electron chi connectivity index (χ0n) is 10.0. The molecular formula is C11H21NO3. The van der Waals surface area contributed by atoms with Crippen LogP contribution in [0.1, 0.15) is 27.2 Å². The Balaban J connectivity index is 2.39. The molecule has 1 heterocycles. The first-order valence-electron chi connectivity index (χ1n) is 5.44. The van der Waals surface area contributed by atoms with E-state index < -0.39 is 0 Å². The van der Waals surface area contributed by atoms with E-state index in [9.17, 15) is 4.79 Å². The quantitative estimate of drug-likeness (QED) is 0.709. The van der Waals surface area contributed by atoms with E-state index >= 15 is 0 Å². The zero-order chi connectivity index (χ0) is 11.5. The molecule has 0 bridgehead atoms. The number of methoxy groups -OCH3 is 1. The highest BCUT2D eigenvalue weighted by molar-refractivity contribution is 5.72. The van der Waals surface area contributed by atoms with E-state index in [1.165, 1.54) is 7.11 Å². The average Bonchev–Trinajstić information content (AvgIpc) is 2.55. The molecule has 0 aromatic carbocycles. The number of hydrogen-bond acceptors (Lipinski definition) is 4. The highest BCUT2D eigenvalue weighted by Crippen LogP contribution is 2.25. The Kier molecular flexibility index (Phi) is 4.11. The molecule has 1 N–H and O–H groups in total. The van der Waals surface area contributed by atoms with Crippen LogP contribution in [0.15, 0.2) is 0 Å². The van der Waals surface area contributed by atoms with Crippen molar-refractivity contribution in [1.29, 1.82) is 0 Å². The van der Waals surface area contributed by atoms with Crippen LogP contribution in [0.5, 0.6) is 0 Å². The van der Waals surface area contributed by atoms with Crippen molar-refractivity contribution in [3.8, 4) is 0 Å². The summed E-state index contributed by atoms with van der Waals surface area (Å²) >= 11 is 0. The molecule has 0 spiro atoms. The van der Waals surface area contributed by atoms with Gasteiger partial charge in [-0.25, -0.2) is 0 Å². The summed E-state index contributed by atoms with van der Waals surface area (Å²) in [6, 6.07) is 0. The molecule has 0 amide bonds. The van der Waals surface area contributed by atoms with Crippen molar-refractivity contribution in [3.05, 3.63) is 0 Å². The molecule has 1 fully saturated rings. The summed E-state index contributed by atoms with van der Waals surface area (Å²) in [5.74, 6) is -0.280. The monoisotopic (exact) mass is 215 g/mol. The lowest BCUT2D eigenvalue weighted by atomic mass is 9.94. The highest BCUT2D eigenvalue weighted by Gasteiger charge is 2.36. The molecule has 0 aliphatic carbocycles. The summed E-state index contributed by atoms with van der Waals surface area (Å²) in [6.07, 6.45) is 1.18. The Hall–Kier alpha value is -0.610. The maximum Gasteiger partial charge on any atom is 0.309 e. The maximum atomic E-state index is 11.2. The average molecular weight is 215 g/mol. The summed E-state index contributed by atoms with van der Waals surface area (Å²) in [5.41, 5.74) is -0.0116. The molecule has 0 radical (unpaired) electrons. The third-order valence-electron chi connectivity index (χ3n) is 3.30. The number of esters is 1. The van der Waals surface area contributed by atoms with Crippen molar-refractivity contribution >= 4 is 5.97 Å². The first kappa shape index (κ1) is 12.5. The molecule has 0 aromatic rings. The lowest BCUT2D eigenvalue weighted by Gasteiger charge is -2.30. The standard InChI is InChI=1S/C11H21NO3/c1-8(10(13)14-4)7-12-11(3)5-6-15-9(11)2/h8-9,12H,5-7H2,1-4H3. The highest BCUT2D eigenvalue weighted by atomic mass is 16.5. The minimum Gasteiger partial charge on any atom is -0.469 e. The largest absolute Gasteiger partial charge is 0.469 e. The number of hydrogen-bond donors (Lipinski definition) is 1. The number of nitrogens with one attached hydrogen (secondary N) is 1. The van der Waals surface area contributed by atoms with Gasteiger partial charge in [0.15, 0.2) is 0 Å². The third-order valence-corrected chi connectivity index (χ3v) is 3.30. The summed E-state index contributed by atoms with van der Waals surface area (Å²) in [5, 5.41) is 3.40. The summed E-state index contributed by atoms with van der Waals surface area (Å²) in [6.45, 7) is 7.48. The van der Waals surface area contributed by atoms with Gasteiger partial charge in [0.25, 0.3) is 0 Å². The van der Waals surface area contributed by atoms with Crippen molar-refractivity contribution in [2.24, 2.45) is 5.92 Å². The molecule has 3 unspecified atom stereocenters. The van der Waals surface area contributed by atoms with Crippen LogP contribution >= 0.6 is 0 Å². The van der Waals surface area contributed by atoms with E-state index in [0.29, 0.717) is 6.54 Å². The lowest BCUT2D eigenvalue weighted by Crippen LogP contribution is -2.50. The van der Waals surface area contributed by atoms with E-state index in [4.69, 9.17) is 4.74 Å². The van der Waals surface area contributed by atoms with Crippen LogP contribution in [-0.4, -0.2) is 37.9 Å². The fourth-order valence-electron chi connectivity index (χ4n) is 1.74. The van der Waals surface area contributed by atoms with Crippen molar-refractivity contribution in [2.75, 3.05) is 20.3 Å². The van der Waals surface area contributed by atoms with Crippen molar-refractivity contribution in [2.45, 2.75) is 38.8 Å². The fraction of sp³-hybridized carbons (Fsp3) is 0.909. The number of rotatable bonds is 4. The van der Waals surface area contributed by atoms with Crippen LogP contribution in [0.4, 0.5) is 0 Å². The molecule has 4 nitrogen and oxygen atoms in total. The predicted octanol–water partition coefficient (Wildman–Crippen LogP) is 0.953. The smallest absolute Gasteiger partial charge is 0.309 e. The second kappa shape index (κ2) is 4.94. The van der Waals surface area contributed by atoms with Gasteiger partial charge in [-0.05, 0) is 20.3 Å². The molecule has 0 saturated carbocycles. The SMILES string of the molecule is COC(=O)C(C)CNC1(C)CCOC1C. The third kappa shape index (κ3) is 2.92. The number of ether oxygens (including phenoxy) is 2. The minimum absolute atomic E-state index is 0.0116. The van der Waals surface area contributed by atoms with E-state index in [2.05, 4.69) is 23.9 Å². The van der Waals surface area contributed by atoms with Gasteiger partial charge in [0.2, 0.25) is 0 Å². The molecule has 15 heavy (non-hydrogen) atoms. The number of carbonyl (C=O) groups excluding carboxylic acids is 1. The number of carbonyl (C=O) groups is 1. The topological polar surface area (TPSA) is 47.6 Å². The van der Waals surface area contributed by atoms with Crippen LogP contribution in [0.3, 0.4) is 0 Å². The van der Waals surface area contributed by atoms with Crippen LogP contribution in [-0.2, 0) is 14.3 Å². The van der Waals surface area contributed by atoms with Crippen LogP contribution in [0.25, 0.3) is 0 Å². The van der Waals surface area contributed by atoms with E-state index in [1.54, 1.807) is 0 Å². The van der Waals surface area contributed by atoms with Crippen LogP contribution in [0, 0.1) is 5.92 Å². The predicted molar refractivity (Wildman–Crippen MR) is 57.6 cm³/mol. The van der Waals surface area contributed by atoms with Gasteiger partial charge in [-0.3, -0.25) is 4.79 Å². The second-order valence-electron chi connectivity index (χ2n) is 4.49. The van der Waals surface area contributed by atoms with Gasteiger partial charge in [0.1, 0.15) is 0 Å². The molecule has 3 atom stereocenters. The normalized spacial score (nSPS) is 32.7. The fourth-order valence-corrected chi connectivity index (χ4v) is 1.74. The Labute approximate surface area is 91.3 Å². The molecular weight excluding hydrogens is 194 g/mol. The first-order chi connectivity index (χ1) is 6.99. The van der Waals surface area contributed by atoms with Gasteiger partial charge in [-0.1, -0.05) is 6.92 Å². The van der Waals surface area contributed by atoms with Gasteiger partial charge < -0.3 is 14.8 Å². The van der Waals surface area contributed by atoms with E-state index in [0.717, 1.165) is 13.0 Å². The van der Waals surface area contributed by atoms with E-state index in [1.807, 2.05) is 6.92 Å². The Morgan fingerprint density at radius 2 is 2.40 bits per heavy atom. The molecule has 0 aromatic heterocycles. The van der Waals surface area contributed by atoms with E-state index in [-0.39, 0.29) is 23.5 Å². The van der Waals surface area contributed by atoms with Gasteiger partial charge in [0.05, 0.1) is 19.1 Å².